The van der Waals surface area contributed by atoms with Crippen LogP contribution in [-0.2, 0) is 9.59 Å². The number of ketones is 1. The van der Waals surface area contributed by atoms with Crippen LogP contribution in [0.3, 0.4) is 0 Å². The van der Waals surface area contributed by atoms with Crippen LogP contribution in [0.4, 0.5) is 5.82 Å². The lowest BCUT2D eigenvalue weighted by Gasteiger charge is -2.23. The average molecular weight is 479 g/mol. The minimum absolute atomic E-state index is 0.0178. The molecule has 0 bridgehead atoms. The Morgan fingerprint density at radius 1 is 1.03 bits per heavy atom. The number of aliphatic hydroxyl groups is 1. The molecule has 182 valence electrons. The van der Waals surface area contributed by atoms with Crippen LogP contribution in [0, 0.1) is 6.92 Å². The van der Waals surface area contributed by atoms with Gasteiger partial charge in [0.25, 0.3) is 5.78 Å². The molecule has 35 heavy (non-hydrogen) atoms. The lowest BCUT2D eigenvalue weighted by molar-refractivity contribution is -0.132. The van der Waals surface area contributed by atoms with Gasteiger partial charge in [-0.2, -0.15) is 0 Å². The van der Waals surface area contributed by atoms with Crippen LogP contribution in [-0.4, -0.2) is 42.3 Å². The summed E-state index contributed by atoms with van der Waals surface area (Å²) >= 11 is 0. The van der Waals surface area contributed by atoms with Crippen LogP contribution in [0.1, 0.15) is 36.8 Å². The van der Waals surface area contributed by atoms with Crippen molar-refractivity contribution < 1.29 is 33.4 Å². The monoisotopic (exact) mass is 478 g/mol. The van der Waals surface area contributed by atoms with E-state index >= 15 is 0 Å². The summed E-state index contributed by atoms with van der Waals surface area (Å²) < 4.78 is 21.6. The first-order valence-corrected chi connectivity index (χ1v) is 11.0. The lowest BCUT2D eigenvalue weighted by atomic mass is 9.95. The second-order valence-corrected chi connectivity index (χ2v) is 8.27. The summed E-state index contributed by atoms with van der Waals surface area (Å²) in [6.45, 7) is 5.49. The van der Waals surface area contributed by atoms with Crippen molar-refractivity contribution in [3.8, 4) is 17.2 Å². The molecule has 0 aliphatic carbocycles. The quantitative estimate of drug-likeness (QED) is 0.302. The van der Waals surface area contributed by atoms with Crippen molar-refractivity contribution in [1.82, 2.24) is 5.16 Å². The Kier molecular flexibility index (Phi) is 6.50. The lowest BCUT2D eigenvalue weighted by Crippen LogP contribution is -2.29. The summed E-state index contributed by atoms with van der Waals surface area (Å²) in [4.78, 5) is 27.6. The number of carbonyl (C=O) groups excluding carboxylic acids is 2. The van der Waals surface area contributed by atoms with E-state index in [9.17, 15) is 14.7 Å². The van der Waals surface area contributed by atoms with Crippen molar-refractivity contribution in [3.05, 3.63) is 71.0 Å². The van der Waals surface area contributed by atoms with Crippen LogP contribution in [0.5, 0.6) is 17.2 Å². The number of aromatic nitrogens is 1. The van der Waals surface area contributed by atoms with Gasteiger partial charge in [0.05, 0.1) is 31.9 Å². The third kappa shape index (κ3) is 4.44. The normalized spacial score (nSPS) is 17.2. The van der Waals surface area contributed by atoms with Gasteiger partial charge in [-0.05, 0) is 62.7 Å². The van der Waals surface area contributed by atoms with E-state index in [1.165, 1.54) is 19.1 Å². The highest BCUT2D eigenvalue weighted by molar-refractivity contribution is 6.51. The van der Waals surface area contributed by atoms with Gasteiger partial charge in [0.2, 0.25) is 0 Å². The molecule has 0 saturated carbocycles. The van der Waals surface area contributed by atoms with Gasteiger partial charge in [-0.15, -0.1) is 0 Å². The predicted molar refractivity (Wildman–Crippen MR) is 128 cm³/mol. The van der Waals surface area contributed by atoms with Crippen molar-refractivity contribution in [2.75, 3.05) is 19.1 Å². The minimum atomic E-state index is -0.981. The summed E-state index contributed by atoms with van der Waals surface area (Å²) in [6, 6.07) is 12.2. The van der Waals surface area contributed by atoms with E-state index in [1.807, 2.05) is 13.8 Å². The SMILES string of the molecule is COc1ccc([C@H]2/C(=C(\O)c3ccc(OC(C)C)cc3)C(=O)C(=O)N2c2cc(C)on2)cc1OC. The highest BCUT2D eigenvalue weighted by Crippen LogP contribution is 2.44. The van der Waals surface area contributed by atoms with Gasteiger partial charge in [-0.1, -0.05) is 11.2 Å². The van der Waals surface area contributed by atoms with Crippen molar-refractivity contribution in [3.63, 3.8) is 0 Å². The molecule has 1 saturated heterocycles. The number of carbonyl (C=O) groups is 2. The fraction of sp³-hybridized carbons (Fsp3) is 0.269. The molecule has 1 aliphatic heterocycles. The maximum absolute atomic E-state index is 13.2. The molecule has 3 aromatic rings. The molecule has 2 heterocycles. The molecule has 0 unspecified atom stereocenters. The van der Waals surface area contributed by atoms with E-state index in [1.54, 1.807) is 55.5 Å². The van der Waals surface area contributed by atoms with Crippen molar-refractivity contribution >= 4 is 23.3 Å². The first kappa shape index (κ1) is 23.9. The molecule has 4 rings (SSSR count). The van der Waals surface area contributed by atoms with Gasteiger partial charge >= 0.3 is 5.91 Å². The fourth-order valence-electron chi connectivity index (χ4n) is 3.99. The van der Waals surface area contributed by atoms with E-state index in [2.05, 4.69) is 5.16 Å². The molecular weight excluding hydrogens is 452 g/mol. The van der Waals surface area contributed by atoms with Gasteiger partial charge < -0.3 is 23.8 Å². The average Bonchev–Trinajstić information content (AvgIpc) is 3.38. The van der Waals surface area contributed by atoms with E-state index in [0.29, 0.717) is 34.1 Å². The topological polar surface area (TPSA) is 111 Å². The number of nitrogens with zero attached hydrogens (tertiary/aromatic N) is 2. The zero-order valence-corrected chi connectivity index (χ0v) is 20.1. The van der Waals surface area contributed by atoms with E-state index < -0.39 is 17.7 Å². The molecule has 2 aromatic carbocycles. The molecule has 1 fully saturated rings. The number of benzene rings is 2. The number of aryl methyl sites for hydroxylation is 1. The van der Waals surface area contributed by atoms with Crippen LogP contribution >= 0.6 is 0 Å². The standard InChI is InChI=1S/C26H26N2O7/c1-14(2)34-18-9-6-16(7-10-18)24(29)22-23(17-8-11-19(32-4)20(13-17)33-5)28(26(31)25(22)30)21-12-15(3)35-27-21/h6-14,23,29H,1-5H3/b24-22+/t23-/m0/s1. The molecule has 0 spiro atoms. The van der Waals surface area contributed by atoms with Crippen LogP contribution in [0.2, 0.25) is 0 Å². The van der Waals surface area contributed by atoms with E-state index in [4.69, 9.17) is 18.7 Å². The Balaban J connectivity index is 1.88. The fourth-order valence-corrected chi connectivity index (χ4v) is 3.99. The van der Waals surface area contributed by atoms with Crippen LogP contribution in [0.25, 0.3) is 5.76 Å². The molecule has 1 N–H and O–H groups in total. The Labute approximate surface area is 202 Å². The molecule has 1 atom stereocenters. The molecule has 9 heteroatoms. The Hall–Kier alpha value is -4.27. The summed E-state index contributed by atoms with van der Waals surface area (Å²) in [5.74, 6) is 0.129. The summed E-state index contributed by atoms with van der Waals surface area (Å²) in [5.41, 5.74) is 0.796. The second-order valence-electron chi connectivity index (χ2n) is 8.27. The molecule has 0 radical (unpaired) electrons. The van der Waals surface area contributed by atoms with E-state index in [0.717, 1.165) is 0 Å². The number of methoxy groups -OCH3 is 2. The highest BCUT2D eigenvalue weighted by Gasteiger charge is 2.48. The van der Waals surface area contributed by atoms with Crippen molar-refractivity contribution in [2.45, 2.75) is 32.9 Å². The summed E-state index contributed by atoms with van der Waals surface area (Å²) in [5, 5.41) is 15.2. The zero-order valence-electron chi connectivity index (χ0n) is 20.1. The number of amides is 1. The number of hydrogen-bond acceptors (Lipinski definition) is 8. The first-order valence-electron chi connectivity index (χ1n) is 11.0. The molecule has 1 aromatic heterocycles. The largest absolute Gasteiger partial charge is 0.507 e. The van der Waals surface area contributed by atoms with Gasteiger partial charge in [0.15, 0.2) is 17.3 Å². The van der Waals surface area contributed by atoms with Crippen molar-refractivity contribution in [2.24, 2.45) is 0 Å². The molecular formula is C26H26N2O7. The van der Waals surface area contributed by atoms with Gasteiger partial charge in [-0.3, -0.25) is 14.5 Å². The Bertz CT molecular complexity index is 1290. The third-order valence-corrected chi connectivity index (χ3v) is 5.53. The number of Topliss-reactive ketones (excluding diaryl/α,β-unsaturated/α-hetero) is 1. The van der Waals surface area contributed by atoms with Crippen LogP contribution < -0.4 is 19.1 Å². The highest BCUT2D eigenvalue weighted by atomic mass is 16.5. The summed E-state index contributed by atoms with van der Waals surface area (Å²) in [7, 11) is 2.99. The Morgan fingerprint density at radius 3 is 2.29 bits per heavy atom. The molecule has 1 amide bonds. The molecule has 9 nitrogen and oxygen atoms in total. The van der Waals surface area contributed by atoms with Crippen molar-refractivity contribution in [1.29, 1.82) is 0 Å². The maximum Gasteiger partial charge on any atom is 0.301 e. The minimum Gasteiger partial charge on any atom is -0.507 e. The predicted octanol–water partition coefficient (Wildman–Crippen LogP) is 4.41. The third-order valence-electron chi connectivity index (χ3n) is 5.53. The van der Waals surface area contributed by atoms with Crippen LogP contribution in [0.15, 0.2) is 58.6 Å². The number of hydrogen-bond donors (Lipinski definition) is 1. The first-order chi connectivity index (χ1) is 16.7. The second kappa shape index (κ2) is 9.54. The van der Waals surface area contributed by atoms with Gasteiger partial charge in [0, 0.05) is 11.6 Å². The Morgan fingerprint density at radius 2 is 1.71 bits per heavy atom. The number of ether oxygens (including phenoxy) is 3. The number of rotatable bonds is 7. The maximum atomic E-state index is 13.2. The number of aliphatic hydroxyl groups excluding tert-OH is 1. The van der Waals surface area contributed by atoms with Gasteiger partial charge in [0.1, 0.15) is 17.3 Å². The number of anilines is 1. The van der Waals surface area contributed by atoms with E-state index in [-0.39, 0.29) is 23.3 Å². The zero-order chi connectivity index (χ0) is 25.3. The summed E-state index contributed by atoms with van der Waals surface area (Å²) in [6.07, 6.45) is -0.0178. The smallest absolute Gasteiger partial charge is 0.301 e. The van der Waals surface area contributed by atoms with Gasteiger partial charge in [-0.25, -0.2) is 0 Å². The molecule has 1 aliphatic rings.